The van der Waals surface area contributed by atoms with E-state index < -0.39 is 0 Å². The molecule has 20 heavy (non-hydrogen) atoms. The monoisotopic (exact) mass is 273 g/mol. The van der Waals surface area contributed by atoms with Gasteiger partial charge in [-0.25, -0.2) is 0 Å². The summed E-state index contributed by atoms with van der Waals surface area (Å²) in [5.41, 5.74) is 0.886. The molecule has 0 radical (unpaired) electrons. The number of benzene rings is 1. The van der Waals surface area contributed by atoms with Crippen LogP contribution in [-0.2, 0) is 0 Å². The van der Waals surface area contributed by atoms with Crippen molar-refractivity contribution in [3.63, 3.8) is 0 Å². The summed E-state index contributed by atoms with van der Waals surface area (Å²) in [5, 5.41) is 14.2. The SMILES string of the molecule is CCOc1ccc(Nc2nncc(NC(C)C)n2)cc1. The van der Waals surface area contributed by atoms with E-state index in [1.54, 1.807) is 6.20 Å². The number of anilines is 3. The van der Waals surface area contributed by atoms with E-state index in [-0.39, 0.29) is 0 Å². The number of hydrogen-bond acceptors (Lipinski definition) is 6. The molecule has 0 aliphatic rings. The van der Waals surface area contributed by atoms with Gasteiger partial charge in [0.2, 0.25) is 5.95 Å². The van der Waals surface area contributed by atoms with Crippen molar-refractivity contribution in [2.45, 2.75) is 26.8 Å². The minimum Gasteiger partial charge on any atom is -0.494 e. The van der Waals surface area contributed by atoms with Crippen LogP contribution in [0.1, 0.15) is 20.8 Å². The Morgan fingerprint density at radius 3 is 2.60 bits per heavy atom. The van der Waals surface area contributed by atoms with E-state index in [0.717, 1.165) is 11.4 Å². The van der Waals surface area contributed by atoms with Gasteiger partial charge in [-0.2, -0.15) is 10.1 Å². The molecule has 6 heteroatoms. The molecule has 2 N–H and O–H groups in total. The van der Waals surface area contributed by atoms with Gasteiger partial charge in [0.25, 0.3) is 0 Å². The third-order valence-corrected chi connectivity index (χ3v) is 2.42. The number of aromatic nitrogens is 3. The topological polar surface area (TPSA) is 72.0 Å². The number of nitrogens with one attached hydrogen (secondary N) is 2. The minimum absolute atomic E-state index is 0.296. The fraction of sp³-hybridized carbons (Fsp3) is 0.357. The number of nitrogens with zero attached hydrogens (tertiary/aromatic N) is 3. The maximum Gasteiger partial charge on any atom is 0.249 e. The molecule has 106 valence electrons. The molecular weight excluding hydrogens is 254 g/mol. The van der Waals surface area contributed by atoms with E-state index in [1.807, 2.05) is 45.0 Å². The Morgan fingerprint density at radius 2 is 1.95 bits per heavy atom. The van der Waals surface area contributed by atoms with Gasteiger partial charge < -0.3 is 15.4 Å². The lowest BCUT2D eigenvalue weighted by Gasteiger charge is -2.10. The summed E-state index contributed by atoms with van der Waals surface area (Å²) in [4.78, 5) is 4.34. The molecule has 2 rings (SSSR count). The van der Waals surface area contributed by atoms with Crippen LogP contribution in [0.15, 0.2) is 30.5 Å². The van der Waals surface area contributed by atoms with Gasteiger partial charge in [-0.1, -0.05) is 0 Å². The van der Waals surface area contributed by atoms with Crippen LogP contribution >= 0.6 is 0 Å². The van der Waals surface area contributed by atoms with E-state index in [2.05, 4.69) is 25.8 Å². The van der Waals surface area contributed by atoms with Crippen LogP contribution in [0.4, 0.5) is 17.5 Å². The van der Waals surface area contributed by atoms with E-state index in [1.165, 1.54) is 0 Å². The van der Waals surface area contributed by atoms with Crippen molar-refractivity contribution in [1.82, 2.24) is 15.2 Å². The van der Waals surface area contributed by atoms with E-state index in [0.29, 0.717) is 24.4 Å². The first-order chi connectivity index (χ1) is 9.67. The smallest absolute Gasteiger partial charge is 0.249 e. The zero-order valence-electron chi connectivity index (χ0n) is 11.9. The number of ether oxygens (including phenoxy) is 1. The standard InChI is InChI=1S/C14H19N5O/c1-4-20-12-7-5-11(6-8-12)17-14-18-13(9-15-19-14)16-10(2)3/h5-10H,4H2,1-3H3,(H2,16,17,18,19). The quantitative estimate of drug-likeness (QED) is 0.843. The Bertz CT molecular complexity index is 542. The van der Waals surface area contributed by atoms with E-state index >= 15 is 0 Å². The van der Waals surface area contributed by atoms with Crippen LogP contribution in [0.3, 0.4) is 0 Å². The van der Waals surface area contributed by atoms with Crippen molar-refractivity contribution in [2.75, 3.05) is 17.2 Å². The molecule has 2 aromatic rings. The number of rotatable bonds is 6. The summed E-state index contributed by atoms with van der Waals surface area (Å²) >= 11 is 0. The maximum atomic E-state index is 5.39. The molecule has 0 bridgehead atoms. The van der Waals surface area contributed by atoms with Gasteiger partial charge in [-0.05, 0) is 45.0 Å². The summed E-state index contributed by atoms with van der Waals surface area (Å²) in [5.74, 6) is 2.00. The van der Waals surface area contributed by atoms with Crippen LogP contribution in [0.2, 0.25) is 0 Å². The normalized spacial score (nSPS) is 10.4. The molecule has 0 aliphatic carbocycles. The average Bonchev–Trinajstić information content (AvgIpc) is 2.41. The van der Waals surface area contributed by atoms with E-state index in [4.69, 9.17) is 4.74 Å². The highest BCUT2D eigenvalue weighted by atomic mass is 16.5. The van der Waals surface area contributed by atoms with Gasteiger partial charge in [0.15, 0.2) is 5.82 Å². The fourth-order valence-electron chi connectivity index (χ4n) is 1.65. The highest BCUT2D eigenvalue weighted by Crippen LogP contribution is 2.18. The molecule has 1 aromatic carbocycles. The van der Waals surface area contributed by atoms with Crippen molar-refractivity contribution in [3.05, 3.63) is 30.5 Å². The highest BCUT2D eigenvalue weighted by molar-refractivity contribution is 5.55. The van der Waals surface area contributed by atoms with E-state index in [9.17, 15) is 0 Å². The first kappa shape index (κ1) is 14.0. The van der Waals surface area contributed by atoms with Gasteiger partial charge >= 0.3 is 0 Å². The second-order valence-electron chi connectivity index (χ2n) is 4.55. The third kappa shape index (κ3) is 4.08. The summed E-state index contributed by atoms with van der Waals surface area (Å²) in [6.07, 6.45) is 1.60. The molecule has 1 aromatic heterocycles. The maximum absolute atomic E-state index is 5.39. The lowest BCUT2D eigenvalue weighted by atomic mass is 10.3. The molecular formula is C14H19N5O. The van der Waals surface area contributed by atoms with Crippen molar-refractivity contribution in [2.24, 2.45) is 0 Å². The van der Waals surface area contributed by atoms with Crippen LogP contribution in [0.25, 0.3) is 0 Å². The zero-order chi connectivity index (χ0) is 14.4. The predicted octanol–water partition coefficient (Wildman–Crippen LogP) is 2.83. The molecule has 0 unspecified atom stereocenters. The first-order valence-electron chi connectivity index (χ1n) is 6.63. The Balaban J connectivity index is 2.05. The molecule has 1 heterocycles. The largest absolute Gasteiger partial charge is 0.494 e. The van der Waals surface area contributed by atoms with Crippen LogP contribution in [0.5, 0.6) is 5.75 Å². The minimum atomic E-state index is 0.296. The second-order valence-corrected chi connectivity index (χ2v) is 4.55. The Kier molecular flexibility index (Phi) is 4.70. The summed E-state index contributed by atoms with van der Waals surface area (Å²) in [6.45, 7) is 6.70. The molecule has 0 aliphatic heterocycles. The third-order valence-electron chi connectivity index (χ3n) is 2.42. The molecule has 0 spiro atoms. The van der Waals surface area contributed by atoms with Crippen LogP contribution in [-0.4, -0.2) is 27.8 Å². The molecule has 0 fully saturated rings. The molecule has 0 atom stereocenters. The predicted molar refractivity (Wildman–Crippen MR) is 79.5 cm³/mol. The molecule has 0 saturated heterocycles. The van der Waals surface area contributed by atoms with Crippen molar-refractivity contribution in [1.29, 1.82) is 0 Å². The van der Waals surface area contributed by atoms with Gasteiger partial charge in [0, 0.05) is 11.7 Å². The average molecular weight is 273 g/mol. The van der Waals surface area contributed by atoms with Gasteiger partial charge in [-0.3, -0.25) is 0 Å². The molecule has 0 saturated carbocycles. The van der Waals surface area contributed by atoms with Gasteiger partial charge in [-0.15, -0.1) is 5.10 Å². The fourth-order valence-corrected chi connectivity index (χ4v) is 1.65. The number of hydrogen-bond donors (Lipinski definition) is 2. The molecule has 0 amide bonds. The Morgan fingerprint density at radius 1 is 1.20 bits per heavy atom. The summed E-state index contributed by atoms with van der Waals surface area (Å²) in [6, 6.07) is 7.92. The highest BCUT2D eigenvalue weighted by Gasteiger charge is 2.02. The lowest BCUT2D eigenvalue weighted by Crippen LogP contribution is -2.12. The Labute approximate surface area is 118 Å². The summed E-state index contributed by atoms with van der Waals surface area (Å²) < 4.78 is 5.39. The van der Waals surface area contributed by atoms with Crippen molar-refractivity contribution < 1.29 is 4.74 Å². The molecule has 6 nitrogen and oxygen atoms in total. The van der Waals surface area contributed by atoms with Crippen molar-refractivity contribution >= 4 is 17.5 Å². The second kappa shape index (κ2) is 6.70. The van der Waals surface area contributed by atoms with Gasteiger partial charge in [0.05, 0.1) is 12.8 Å². The first-order valence-corrected chi connectivity index (χ1v) is 6.63. The summed E-state index contributed by atoms with van der Waals surface area (Å²) in [7, 11) is 0. The van der Waals surface area contributed by atoms with Crippen molar-refractivity contribution in [3.8, 4) is 5.75 Å². The van der Waals surface area contributed by atoms with Crippen LogP contribution < -0.4 is 15.4 Å². The lowest BCUT2D eigenvalue weighted by molar-refractivity contribution is 0.340. The van der Waals surface area contributed by atoms with Gasteiger partial charge in [0.1, 0.15) is 5.75 Å². The van der Waals surface area contributed by atoms with Crippen LogP contribution in [0, 0.1) is 0 Å². The zero-order valence-corrected chi connectivity index (χ0v) is 11.9. The Hall–Kier alpha value is -2.37.